The van der Waals surface area contributed by atoms with Crippen molar-refractivity contribution < 1.29 is 68.5 Å². The Kier molecular flexibility index (Phi) is 19.3. The topological polar surface area (TPSA) is 363 Å². The van der Waals surface area contributed by atoms with Crippen LogP contribution in [0.2, 0.25) is 0 Å². The maximum atomic E-state index is 13.7. The molecule has 0 aliphatic heterocycles. The molecule has 28 heteroatoms. The number of nitrogens with one attached hydrogen (secondary N) is 4. The van der Waals surface area contributed by atoms with Crippen LogP contribution in [0.3, 0.4) is 0 Å². The molecule has 8 N–H and O–H groups in total. The van der Waals surface area contributed by atoms with Crippen LogP contribution in [-0.2, 0) is 66.2 Å². The summed E-state index contributed by atoms with van der Waals surface area (Å²) in [4.78, 5) is 64.8. The molecule has 3 amide bonds. The van der Waals surface area contributed by atoms with E-state index in [2.05, 4.69) is 50.3 Å². The highest BCUT2D eigenvalue weighted by atomic mass is 32.3. The smallest absolute Gasteiger partial charge is 0.397 e. The van der Waals surface area contributed by atoms with Crippen LogP contribution in [-0.4, -0.2) is 152 Å². The van der Waals surface area contributed by atoms with Crippen LogP contribution < -0.4 is 21.3 Å². The summed E-state index contributed by atoms with van der Waals surface area (Å²) in [7, 11) is -7.91. The SMILES string of the molecule is CN[C@@H](CC(C)c1cn(CCOS(=O)(=O)O)nn1)C(=O)N[C@@H](CC(=O)O)C(=O)N[C@@H](CC(C)c1cn(CCOS(=O)(=O)O)nn1)C(=O)N[C@H](C(=O)O)C(C)CSC. The average Bonchev–Trinajstić information content (AvgIpc) is 3.77. The van der Waals surface area contributed by atoms with E-state index in [1.54, 1.807) is 27.0 Å². The minimum atomic E-state index is -4.70. The van der Waals surface area contributed by atoms with Gasteiger partial charge in [0.1, 0.15) is 18.1 Å². The van der Waals surface area contributed by atoms with E-state index in [1.165, 1.54) is 40.6 Å². The van der Waals surface area contributed by atoms with Crippen LogP contribution in [0.25, 0.3) is 0 Å². The van der Waals surface area contributed by atoms with E-state index < -0.39 is 112 Å². The molecule has 2 rings (SSSR count). The molecule has 322 valence electrons. The molecule has 57 heavy (non-hydrogen) atoms. The van der Waals surface area contributed by atoms with E-state index in [0.29, 0.717) is 11.4 Å². The molecule has 2 aromatic heterocycles. The first-order chi connectivity index (χ1) is 26.5. The lowest BCUT2D eigenvalue weighted by atomic mass is 9.96. The molecule has 0 fully saturated rings. The Bertz CT molecular complexity index is 1890. The number of carbonyl (C=O) groups is 5. The summed E-state index contributed by atoms with van der Waals surface area (Å²) in [5, 5.41) is 45.3. The molecule has 0 saturated heterocycles. The van der Waals surface area contributed by atoms with Crippen LogP contribution in [0.15, 0.2) is 12.4 Å². The van der Waals surface area contributed by atoms with Gasteiger partial charge in [-0.2, -0.15) is 28.6 Å². The van der Waals surface area contributed by atoms with Gasteiger partial charge in [-0.05, 0) is 37.8 Å². The summed E-state index contributed by atoms with van der Waals surface area (Å²) in [6.07, 6.45) is 3.52. The maximum Gasteiger partial charge on any atom is 0.397 e. The van der Waals surface area contributed by atoms with Gasteiger partial charge in [0.15, 0.2) is 0 Å². The number of amides is 3. The molecule has 0 radical (unpaired) electrons. The van der Waals surface area contributed by atoms with E-state index in [1.807, 2.05) is 0 Å². The van der Waals surface area contributed by atoms with Gasteiger partial charge in [-0.15, -0.1) is 10.2 Å². The molecule has 3 unspecified atom stereocenters. The summed E-state index contributed by atoms with van der Waals surface area (Å²) in [5.41, 5.74) is 0.642. The van der Waals surface area contributed by atoms with Crippen molar-refractivity contribution in [3.05, 3.63) is 23.8 Å². The fraction of sp³-hybridized carbons (Fsp3) is 0.690. The van der Waals surface area contributed by atoms with Crippen LogP contribution in [0.5, 0.6) is 0 Å². The second-order valence-corrected chi connectivity index (χ2v) is 16.0. The number of carboxylic acid groups (broad SMARTS) is 2. The minimum absolute atomic E-state index is 0.0555. The van der Waals surface area contributed by atoms with Crippen LogP contribution >= 0.6 is 11.8 Å². The van der Waals surface area contributed by atoms with Crippen molar-refractivity contribution in [1.82, 2.24) is 51.3 Å². The van der Waals surface area contributed by atoms with Crippen LogP contribution in [0, 0.1) is 5.92 Å². The van der Waals surface area contributed by atoms with Crippen molar-refractivity contribution >= 4 is 62.2 Å². The van der Waals surface area contributed by atoms with E-state index >= 15 is 0 Å². The zero-order valence-corrected chi connectivity index (χ0v) is 34.0. The third kappa shape index (κ3) is 17.8. The van der Waals surface area contributed by atoms with Gasteiger partial charge in [0.25, 0.3) is 0 Å². The van der Waals surface area contributed by atoms with E-state index in [0.717, 1.165) is 0 Å². The van der Waals surface area contributed by atoms with Gasteiger partial charge in [-0.3, -0.25) is 28.3 Å². The first-order valence-corrected chi connectivity index (χ1v) is 21.2. The maximum absolute atomic E-state index is 13.7. The van der Waals surface area contributed by atoms with Crippen molar-refractivity contribution in [2.75, 3.05) is 32.3 Å². The third-order valence-electron chi connectivity index (χ3n) is 8.28. The molecule has 0 saturated carbocycles. The highest BCUT2D eigenvalue weighted by molar-refractivity contribution is 7.98. The normalized spacial score (nSPS) is 15.7. The molecule has 0 bridgehead atoms. The number of likely N-dealkylation sites (N-methyl/N-ethyl adjacent to an activating group) is 1. The number of hydrogen-bond donors (Lipinski definition) is 8. The third-order valence-corrected chi connectivity index (χ3v) is 10.1. The van der Waals surface area contributed by atoms with E-state index in [4.69, 9.17) is 9.11 Å². The Morgan fingerprint density at radius 1 is 0.754 bits per heavy atom. The number of rotatable bonds is 27. The van der Waals surface area contributed by atoms with Gasteiger partial charge < -0.3 is 31.5 Å². The van der Waals surface area contributed by atoms with Gasteiger partial charge in [0, 0.05) is 24.2 Å². The fourth-order valence-corrected chi connectivity index (χ4v) is 6.58. The lowest BCUT2D eigenvalue weighted by Gasteiger charge is -2.28. The molecule has 2 heterocycles. The number of carboxylic acids is 2. The minimum Gasteiger partial charge on any atom is -0.481 e. The Balaban J connectivity index is 2.28. The second-order valence-electron chi connectivity index (χ2n) is 12.9. The first-order valence-electron chi connectivity index (χ1n) is 17.1. The van der Waals surface area contributed by atoms with Crippen LogP contribution in [0.4, 0.5) is 0 Å². The molecule has 0 spiro atoms. The van der Waals surface area contributed by atoms with Gasteiger partial charge >= 0.3 is 32.7 Å². The Labute approximate surface area is 332 Å². The predicted molar refractivity (Wildman–Crippen MR) is 197 cm³/mol. The summed E-state index contributed by atoms with van der Waals surface area (Å²) in [6, 6.07) is -5.61. The molecule has 0 aliphatic carbocycles. The number of carbonyl (C=O) groups excluding carboxylic acids is 3. The number of aromatic nitrogens is 6. The van der Waals surface area contributed by atoms with Crippen molar-refractivity contribution in [3.8, 4) is 0 Å². The lowest BCUT2D eigenvalue weighted by molar-refractivity contribution is -0.144. The van der Waals surface area contributed by atoms with Gasteiger partial charge in [-0.1, -0.05) is 31.2 Å². The predicted octanol–water partition coefficient (Wildman–Crippen LogP) is -2.20. The molecule has 2 aromatic rings. The first kappa shape index (κ1) is 48.8. The van der Waals surface area contributed by atoms with Crippen molar-refractivity contribution in [3.63, 3.8) is 0 Å². The molecule has 0 aliphatic rings. The summed E-state index contributed by atoms with van der Waals surface area (Å²) < 4.78 is 71.8. The van der Waals surface area contributed by atoms with Gasteiger partial charge in [0.05, 0.1) is 50.2 Å². The quantitative estimate of drug-likeness (QED) is 0.0441. The lowest BCUT2D eigenvalue weighted by Crippen LogP contribution is -2.58. The van der Waals surface area contributed by atoms with Crippen molar-refractivity contribution in [2.45, 2.75) is 89.1 Å². The highest BCUT2D eigenvalue weighted by Crippen LogP contribution is 2.21. The van der Waals surface area contributed by atoms with Gasteiger partial charge in [0.2, 0.25) is 17.7 Å². The zero-order valence-electron chi connectivity index (χ0n) is 31.5. The number of nitrogens with zero attached hydrogens (tertiary/aromatic N) is 6. The fourth-order valence-electron chi connectivity index (χ4n) is 5.29. The molecule has 25 nitrogen and oxygen atoms in total. The highest BCUT2D eigenvalue weighted by Gasteiger charge is 2.35. The Morgan fingerprint density at radius 2 is 1.19 bits per heavy atom. The Hall–Kier alpha value is -4.32. The summed E-state index contributed by atoms with van der Waals surface area (Å²) in [5.74, 6) is -6.94. The van der Waals surface area contributed by atoms with E-state index in [9.17, 15) is 51.0 Å². The monoisotopic (exact) mass is 872 g/mol. The van der Waals surface area contributed by atoms with Crippen LogP contribution in [0.1, 0.15) is 63.3 Å². The largest absolute Gasteiger partial charge is 0.481 e. The Morgan fingerprint density at radius 3 is 1.61 bits per heavy atom. The second kappa shape index (κ2) is 22.6. The molecular weight excluding hydrogens is 825 g/mol. The van der Waals surface area contributed by atoms with Crippen molar-refractivity contribution in [2.24, 2.45) is 5.92 Å². The standard InChI is InChI=1S/C29H48N10O15S3/c1-16(22-13-38(36-34-22)6-8-53-56(47,48)49)10-19(30-4)26(42)32-21(12-24(40)41)27(43)31-20(28(44)33-25(29(45)46)18(3)15-55-5)11-17(2)23-14-39(37-35-23)7-9-54-57(50,51)52/h13-14,16-21,25,30H,6-12,15H2,1-5H3,(H,31,43)(H,32,42)(H,33,44)(H,40,41)(H,45,46)(H,47,48,49)(H,50,51,52)/t16?,17?,18?,19-,20-,21-,25-/m0/s1. The number of hydrogen-bond acceptors (Lipinski definition) is 17. The molecule has 0 aromatic carbocycles. The number of aliphatic carboxylic acids is 2. The molecular formula is C29H48N10O15S3. The van der Waals surface area contributed by atoms with Crippen molar-refractivity contribution in [1.29, 1.82) is 0 Å². The average molecular weight is 873 g/mol. The molecule has 7 atom stereocenters. The summed E-state index contributed by atoms with van der Waals surface area (Å²) in [6.45, 7) is 3.77. The number of thioether (sulfide) groups is 1. The zero-order chi connectivity index (χ0) is 43.1. The summed E-state index contributed by atoms with van der Waals surface area (Å²) >= 11 is 1.35. The van der Waals surface area contributed by atoms with Gasteiger partial charge in [-0.25, -0.2) is 22.5 Å². The van der Waals surface area contributed by atoms with E-state index in [-0.39, 0.29) is 31.6 Å².